The highest BCUT2D eigenvalue weighted by molar-refractivity contribution is 6.05. The first-order valence-electron chi connectivity index (χ1n) is 8.96. The molecule has 2 aromatic carbocycles. The van der Waals surface area contributed by atoms with Gasteiger partial charge < -0.3 is 11.5 Å². The van der Waals surface area contributed by atoms with Gasteiger partial charge in [0.25, 0.3) is 0 Å². The number of amidine groups is 1. The van der Waals surface area contributed by atoms with Gasteiger partial charge in [-0.25, -0.2) is 9.98 Å². The third kappa shape index (κ3) is 3.67. The molecule has 0 amide bonds. The van der Waals surface area contributed by atoms with Gasteiger partial charge in [0.05, 0.1) is 16.8 Å². The number of halogens is 3. The Kier molecular flexibility index (Phi) is 4.83. The number of rotatable bonds is 3. The van der Waals surface area contributed by atoms with Crippen molar-refractivity contribution < 1.29 is 13.2 Å². The van der Waals surface area contributed by atoms with Gasteiger partial charge in [0.15, 0.2) is 5.82 Å². The number of anilines is 1. The second kappa shape index (κ2) is 7.47. The monoisotopic (exact) mass is 407 g/mol. The van der Waals surface area contributed by atoms with Crippen LogP contribution >= 0.6 is 0 Å². The highest BCUT2D eigenvalue weighted by Gasteiger charge is 2.33. The Bertz CT molecular complexity index is 1270. The van der Waals surface area contributed by atoms with Crippen LogP contribution < -0.4 is 11.5 Å². The number of fused-ring (bicyclic) bond motifs is 1. The van der Waals surface area contributed by atoms with Gasteiger partial charge in [-0.05, 0) is 36.4 Å². The van der Waals surface area contributed by atoms with E-state index in [1.807, 2.05) is 0 Å². The molecule has 0 aliphatic carbocycles. The summed E-state index contributed by atoms with van der Waals surface area (Å²) in [7, 11) is 0. The summed E-state index contributed by atoms with van der Waals surface area (Å²) in [5, 5.41) is 0.559. The number of para-hydroxylation sites is 1. The van der Waals surface area contributed by atoms with Crippen molar-refractivity contribution in [2.75, 3.05) is 5.73 Å². The van der Waals surface area contributed by atoms with Crippen LogP contribution in [0.25, 0.3) is 22.2 Å². The van der Waals surface area contributed by atoms with Gasteiger partial charge in [0, 0.05) is 28.4 Å². The Labute approximate surface area is 169 Å². The van der Waals surface area contributed by atoms with Gasteiger partial charge in [-0.2, -0.15) is 13.2 Å². The minimum atomic E-state index is -4.53. The third-order valence-electron chi connectivity index (χ3n) is 4.55. The smallest absolute Gasteiger partial charge is 0.398 e. The lowest BCUT2D eigenvalue weighted by molar-refractivity contribution is -0.137. The van der Waals surface area contributed by atoms with Crippen LogP contribution in [0.3, 0.4) is 0 Å². The number of alkyl halides is 3. The number of hydrogen-bond donors (Lipinski definition) is 2. The summed E-state index contributed by atoms with van der Waals surface area (Å²) in [5.74, 6) is 0.264. The van der Waals surface area contributed by atoms with E-state index in [-0.39, 0.29) is 22.9 Å². The van der Waals surface area contributed by atoms with Crippen LogP contribution in [-0.2, 0) is 6.18 Å². The Morgan fingerprint density at radius 2 is 1.67 bits per heavy atom. The van der Waals surface area contributed by atoms with E-state index in [1.54, 1.807) is 42.6 Å². The van der Waals surface area contributed by atoms with Crippen LogP contribution in [0.2, 0.25) is 0 Å². The first-order valence-corrected chi connectivity index (χ1v) is 8.96. The maximum absolute atomic E-state index is 13.5. The van der Waals surface area contributed by atoms with E-state index in [4.69, 9.17) is 11.5 Å². The Morgan fingerprint density at radius 1 is 0.933 bits per heavy atom. The van der Waals surface area contributed by atoms with Gasteiger partial charge in [0.1, 0.15) is 5.84 Å². The quantitative estimate of drug-likeness (QED) is 0.286. The fourth-order valence-corrected chi connectivity index (χ4v) is 3.14. The molecule has 0 spiro atoms. The van der Waals surface area contributed by atoms with Crippen molar-refractivity contribution in [3.05, 3.63) is 84.1 Å². The zero-order chi connectivity index (χ0) is 21.3. The summed E-state index contributed by atoms with van der Waals surface area (Å²) in [6, 6.07) is 17.1. The van der Waals surface area contributed by atoms with Gasteiger partial charge in [-0.15, -0.1) is 0 Å². The molecule has 150 valence electrons. The molecule has 2 heterocycles. The molecule has 4 rings (SSSR count). The number of nitrogen functional groups attached to an aromatic ring is 1. The van der Waals surface area contributed by atoms with Crippen LogP contribution in [0.1, 0.15) is 11.1 Å². The molecule has 0 unspecified atom stereocenters. The lowest BCUT2D eigenvalue weighted by Crippen LogP contribution is -2.15. The summed E-state index contributed by atoms with van der Waals surface area (Å²) < 4.78 is 40.6. The summed E-state index contributed by atoms with van der Waals surface area (Å²) in [5.41, 5.74) is 12.7. The highest BCUT2D eigenvalue weighted by Crippen LogP contribution is 2.38. The minimum Gasteiger partial charge on any atom is -0.398 e. The van der Waals surface area contributed by atoms with E-state index in [2.05, 4.69) is 15.0 Å². The number of nitrogens with two attached hydrogens (primary N) is 2. The second-order valence-electron chi connectivity index (χ2n) is 6.53. The molecule has 4 aromatic rings. The highest BCUT2D eigenvalue weighted by atomic mass is 19.4. The number of nitrogens with zero attached hydrogens (tertiary/aromatic N) is 3. The first-order chi connectivity index (χ1) is 14.3. The predicted octanol–water partition coefficient (Wildman–Crippen LogP) is 4.93. The molecular weight excluding hydrogens is 391 g/mol. The van der Waals surface area contributed by atoms with Crippen LogP contribution in [-0.4, -0.2) is 15.8 Å². The van der Waals surface area contributed by atoms with Crippen molar-refractivity contribution in [2.45, 2.75) is 6.18 Å². The molecule has 0 aliphatic heterocycles. The van der Waals surface area contributed by atoms with Crippen molar-refractivity contribution in [3.63, 3.8) is 0 Å². The fraction of sp³-hybridized carbons (Fsp3) is 0.0455. The van der Waals surface area contributed by atoms with Crippen LogP contribution in [0.5, 0.6) is 0 Å². The standard InChI is InChI=1S/C22H16F3N5/c23-22(24,25)16-9-3-1-6-13(16)19-12-18-15(8-5-11-28-18)21(29-19)30-20(27)14-7-2-4-10-17(14)26/h1-12H,26H2,(H2,27,29,30). The van der Waals surface area contributed by atoms with Crippen LogP contribution in [0, 0.1) is 0 Å². The molecule has 5 nitrogen and oxygen atoms in total. The normalized spacial score (nSPS) is 12.3. The Hall–Kier alpha value is -3.94. The topological polar surface area (TPSA) is 90.2 Å². The maximum atomic E-state index is 13.5. The maximum Gasteiger partial charge on any atom is 0.417 e. The van der Waals surface area contributed by atoms with Crippen molar-refractivity contribution in [2.24, 2.45) is 10.7 Å². The predicted molar refractivity (Wildman–Crippen MR) is 111 cm³/mol. The summed E-state index contributed by atoms with van der Waals surface area (Å²) >= 11 is 0. The number of benzene rings is 2. The second-order valence-corrected chi connectivity index (χ2v) is 6.53. The van der Waals surface area contributed by atoms with Crippen molar-refractivity contribution >= 4 is 28.2 Å². The molecule has 0 aliphatic rings. The molecule has 8 heteroatoms. The van der Waals surface area contributed by atoms with Crippen molar-refractivity contribution in [3.8, 4) is 11.3 Å². The molecule has 2 aromatic heterocycles. The summed E-state index contributed by atoms with van der Waals surface area (Å²) in [4.78, 5) is 13.0. The van der Waals surface area contributed by atoms with Gasteiger partial charge in [-0.1, -0.05) is 30.3 Å². The van der Waals surface area contributed by atoms with E-state index >= 15 is 0 Å². The molecule has 4 N–H and O–H groups in total. The van der Waals surface area contributed by atoms with E-state index in [0.717, 1.165) is 6.07 Å². The van der Waals surface area contributed by atoms with E-state index in [9.17, 15) is 13.2 Å². The van der Waals surface area contributed by atoms with Gasteiger partial charge in [0.2, 0.25) is 0 Å². The average molecular weight is 407 g/mol. The number of hydrogen-bond acceptors (Lipinski definition) is 4. The van der Waals surface area contributed by atoms with E-state index < -0.39 is 11.7 Å². The molecule has 0 saturated carbocycles. The molecule has 0 saturated heterocycles. The summed E-state index contributed by atoms with van der Waals surface area (Å²) in [6.45, 7) is 0. The number of pyridine rings is 2. The fourth-order valence-electron chi connectivity index (χ4n) is 3.14. The number of aliphatic imine (C=N–C) groups is 1. The van der Waals surface area contributed by atoms with Crippen LogP contribution in [0.4, 0.5) is 24.7 Å². The lowest BCUT2D eigenvalue weighted by Gasteiger charge is -2.13. The first kappa shape index (κ1) is 19.4. The SMILES string of the molecule is NC(=Nc1nc(-c2ccccc2C(F)(F)F)cc2ncccc12)c1ccccc1N. The number of aromatic nitrogens is 2. The molecule has 0 radical (unpaired) electrons. The largest absolute Gasteiger partial charge is 0.417 e. The minimum absolute atomic E-state index is 0.0631. The lowest BCUT2D eigenvalue weighted by atomic mass is 10.0. The Balaban J connectivity index is 1.95. The third-order valence-corrected chi connectivity index (χ3v) is 4.55. The average Bonchev–Trinajstić information content (AvgIpc) is 2.73. The zero-order valence-corrected chi connectivity index (χ0v) is 15.6. The molecule has 0 bridgehead atoms. The molecule has 0 fully saturated rings. The van der Waals surface area contributed by atoms with Gasteiger partial charge >= 0.3 is 6.18 Å². The molecular formula is C22H16F3N5. The molecule has 30 heavy (non-hydrogen) atoms. The van der Waals surface area contributed by atoms with E-state index in [1.165, 1.54) is 24.3 Å². The zero-order valence-electron chi connectivity index (χ0n) is 15.6. The Morgan fingerprint density at radius 3 is 2.43 bits per heavy atom. The summed E-state index contributed by atoms with van der Waals surface area (Å²) in [6.07, 6.45) is -2.98. The van der Waals surface area contributed by atoms with Crippen LogP contribution in [0.15, 0.2) is 77.9 Å². The van der Waals surface area contributed by atoms with Gasteiger partial charge in [-0.3, -0.25) is 4.98 Å². The van der Waals surface area contributed by atoms with E-state index in [0.29, 0.717) is 22.2 Å². The molecule has 0 atom stereocenters. The van der Waals surface area contributed by atoms with Crippen molar-refractivity contribution in [1.29, 1.82) is 0 Å². The van der Waals surface area contributed by atoms with Crippen molar-refractivity contribution in [1.82, 2.24) is 9.97 Å².